The number of hydrogen-bond donors (Lipinski definition) is 2. The fourth-order valence-corrected chi connectivity index (χ4v) is 3.98. The van der Waals surface area contributed by atoms with E-state index in [2.05, 4.69) is 29.6 Å². The van der Waals surface area contributed by atoms with Crippen molar-refractivity contribution < 1.29 is 9.53 Å². The molecule has 3 atom stereocenters. The SMILES string of the molecule is COCCSc1ccc(C(C)NC(=O)[C@@H]2CCC[C@@H]2CN)cc1. The summed E-state index contributed by atoms with van der Waals surface area (Å²) in [6.45, 7) is 3.40. The number of hydrogen-bond acceptors (Lipinski definition) is 4. The van der Waals surface area contributed by atoms with E-state index in [0.717, 1.165) is 37.2 Å². The van der Waals surface area contributed by atoms with E-state index in [0.29, 0.717) is 12.5 Å². The molecule has 23 heavy (non-hydrogen) atoms. The van der Waals surface area contributed by atoms with E-state index in [1.807, 2.05) is 6.92 Å². The first-order valence-corrected chi connectivity index (χ1v) is 9.36. The van der Waals surface area contributed by atoms with Crippen molar-refractivity contribution in [2.45, 2.75) is 37.1 Å². The maximum absolute atomic E-state index is 12.5. The van der Waals surface area contributed by atoms with Crippen molar-refractivity contribution in [3.8, 4) is 0 Å². The molecule has 1 aromatic rings. The van der Waals surface area contributed by atoms with E-state index in [1.165, 1.54) is 4.90 Å². The summed E-state index contributed by atoms with van der Waals surface area (Å²) in [4.78, 5) is 13.7. The minimum absolute atomic E-state index is 0.0274. The Bertz CT molecular complexity index is 492. The lowest BCUT2D eigenvalue weighted by Gasteiger charge is -2.21. The second-order valence-corrected chi connectivity index (χ2v) is 7.34. The molecule has 1 unspecified atom stereocenters. The number of rotatable bonds is 8. The number of carbonyl (C=O) groups excluding carboxylic acids is 1. The molecular weight excluding hydrogens is 308 g/mol. The Kier molecular flexibility index (Phi) is 7.40. The fourth-order valence-electron chi connectivity index (χ4n) is 3.16. The van der Waals surface area contributed by atoms with Gasteiger partial charge in [0.25, 0.3) is 0 Å². The Morgan fingerprint density at radius 3 is 2.78 bits per heavy atom. The number of benzene rings is 1. The van der Waals surface area contributed by atoms with Crippen molar-refractivity contribution in [1.82, 2.24) is 5.32 Å². The minimum atomic E-state index is 0.0274. The van der Waals surface area contributed by atoms with E-state index in [-0.39, 0.29) is 17.9 Å². The molecule has 5 heteroatoms. The van der Waals surface area contributed by atoms with Gasteiger partial charge >= 0.3 is 0 Å². The average Bonchev–Trinajstić information content (AvgIpc) is 3.04. The van der Waals surface area contributed by atoms with Gasteiger partial charge < -0.3 is 15.8 Å². The third-order valence-electron chi connectivity index (χ3n) is 4.59. The smallest absolute Gasteiger partial charge is 0.223 e. The Hall–Kier alpha value is -1.04. The van der Waals surface area contributed by atoms with Crippen LogP contribution in [0.3, 0.4) is 0 Å². The molecular formula is C18H28N2O2S. The Labute approximate surface area is 143 Å². The Morgan fingerprint density at radius 2 is 2.13 bits per heavy atom. The molecule has 4 nitrogen and oxygen atoms in total. The first-order valence-electron chi connectivity index (χ1n) is 8.37. The van der Waals surface area contributed by atoms with Crippen LogP contribution in [0.5, 0.6) is 0 Å². The third kappa shape index (κ3) is 5.23. The van der Waals surface area contributed by atoms with E-state index in [9.17, 15) is 4.79 Å². The van der Waals surface area contributed by atoms with Crippen molar-refractivity contribution in [3.63, 3.8) is 0 Å². The summed E-state index contributed by atoms with van der Waals surface area (Å²) in [7, 11) is 1.72. The molecule has 2 rings (SSSR count). The normalized spacial score (nSPS) is 22.0. The molecule has 1 aromatic carbocycles. The van der Waals surface area contributed by atoms with Gasteiger partial charge in [-0.2, -0.15) is 0 Å². The van der Waals surface area contributed by atoms with Crippen LogP contribution in [0.4, 0.5) is 0 Å². The molecule has 1 aliphatic rings. The van der Waals surface area contributed by atoms with Crippen LogP contribution in [0.1, 0.15) is 37.8 Å². The molecule has 0 bridgehead atoms. The van der Waals surface area contributed by atoms with E-state index in [1.54, 1.807) is 18.9 Å². The van der Waals surface area contributed by atoms with Crippen molar-refractivity contribution in [1.29, 1.82) is 0 Å². The molecule has 3 N–H and O–H groups in total. The molecule has 1 amide bonds. The Balaban J connectivity index is 1.87. The van der Waals surface area contributed by atoms with E-state index >= 15 is 0 Å². The maximum Gasteiger partial charge on any atom is 0.223 e. The molecule has 1 aliphatic carbocycles. The first-order chi connectivity index (χ1) is 11.2. The highest BCUT2D eigenvalue weighted by molar-refractivity contribution is 7.99. The van der Waals surface area contributed by atoms with Gasteiger partial charge in [-0.3, -0.25) is 4.79 Å². The molecule has 0 aliphatic heterocycles. The maximum atomic E-state index is 12.5. The van der Waals surface area contributed by atoms with Crippen molar-refractivity contribution >= 4 is 17.7 Å². The molecule has 0 radical (unpaired) electrons. The van der Waals surface area contributed by atoms with Gasteiger partial charge in [0.2, 0.25) is 5.91 Å². The highest BCUT2D eigenvalue weighted by Gasteiger charge is 2.32. The van der Waals surface area contributed by atoms with Gasteiger partial charge in [0.05, 0.1) is 12.6 Å². The molecule has 0 spiro atoms. The van der Waals surface area contributed by atoms with Crippen LogP contribution in [0.15, 0.2) is 29.2 Å². The number of carbonyl (C=O) groups is 1. The van der Waals surface area contributed by atoms with E-state index in [4.69, 9.17) is 10.5 Å². The number of methoxy groups -OCH3 is 1. The van der Waals surface area contributed by atoms with Gasteiger partial charge in [0.15, 0.2) is 0 Å². The van der Waals surface area contributed by atoms with Gasteiger partial charge in [-0.15, -0.1) is 11.8 Å². The molecule has 1 fully saturated rings. The van der Waals surface area contributed by atoms with Crippen molar-refractivity contribution in [3.05, 3.63) is 29.8 Å². The Morgan fingerprint density at radius 1 is 1.39 bits per heavy atom. The number of nitrogens with two attached hydrogens (primary N) is 1. The predicted octanol–water partition coefficient (Wildman–Crippen LogP) is 2.98. The standard InChI is InChI=1S/C18H28N2O2S/c1-13(20-18(21)17-5-3-4-15(17)12-19)14-6-8-16(9-7-14)23-11-10-22-2/h6-9,13,15,17H,3-5,10-12,19H2,1-2H3,(H,20,21)/t13?,15-,17-/m1/s1. The van der Waals surface area contributed by atoms with Crippen LogP contribution in [0.25, 0.3) is 0 Å². The highest BCUT2D eigenvalue weighted by Crippen LogP contribution is 2.31. The van der Waals surface area contributed by atoms with Crippen LogP contribution in [-0.4, -0.2) is 31.9 Å². The summed E-state index contributed by atoms with van der Waals surface area (Å²) in [6.07, 6.45) is 3.16. The van der Waals surface area contributed by atoms with Gasteiger partial charge in [0.1, 0.15) is 0 Å². The van der Waals surface area contributed by atoms with E-state index < -0.39 is 0 Å². The lowest BCUT2D eigenvalue weighted by molar-refractivity contribution is -0.126. The summed E-state index contributed by atoms with van der Waals surface area (Å²) in [6, 6.07) is 8.43. The van der Waals surface area contributed by atoms with Crippen LogP contribution >= 0.6 is 11.8 Å². The quantitative estimate of drug-likeness (QED) is 0.566. The van der Waals surface area contributed by atoms with Gasteiger partial charge in [-0.05, 0) is 49.9 Å². The zero-order valence-electron chi connectivity index (χ0n) is 14.1. The van der Waals surface area contributed by atoms with Crippen molar-refractivity contribution in [2.75, 3.05) is 26.0 Å². The highest BCUT2D eigenvalue weighted by atomic mass is 32.2. The lowest BCUT2D eigenvalue weighted by atomic mass is 9.95. The van der Waals surface area contributed by atoms with Crippen molar-refractivity contribution in [2.24, 2.45) is 17.6 Å². The van der Waals surface area contributed by atoms with Crippen LogP contribution in [0, 0.1) is 11.8 Å². The third-order valence-corrected chi connectivity index (χ3v) is 5.57. The summed E-state index contributed by atoms with van der Waals surface area (Å²) in [5, 5.41) is 3.15. The molecule has 0 aromatic heterocycles. The van der Waals surface area contributed by atoms with Gasteiger partial charge in [-0.1, -0.05) is 18.6 Å². The van der Waals surface area contributed by atoms with Crippen LogP contribution in [0.2, 0.25) is 0 Å². The summed E-state index contributed by atoms with van der Waals surface area (Å²) < 4.78 is 5.06. The topological polar surface area (TPSA) is 64.3 Å². The predicted molar refractivity (Wildman–Crippen MR) is 95.5 cm³/mol. The average molecular weight is 337 g/mol. The zero-order valence-corrected chi connectivity index (χ0v) is 14.9. The summed E-state index contributed by atoms with van der Waals surface area (Å²) in [5.74, 6) is 1.54. The van der Waals surface area contributed by atoms with Gasteiger partial charge in [-0.25, -0.2) is 0 Å². The summed E-state index contributed by atoms with van der Waals surface area (Å²) >= 11 is 1.78. The lowest BCUT2D eigenvalue weighted by Crippen LogP contribution is -2.36. The number of nitrogens with one attached hydrogen (secondary N) is 1. The first kappa shape index (κ1) is 18.3. The molecule has 1 saturated carbocycles. The van der Waals surface area contributed by atoms with Crippen LogP contribution in [-0.2, 0) is 9.53 Å². The molecule has 0 saturated heterocycles. The fraction of sp³-hybridized carbons (Fsp3) is 0.611. The minimum Gasteiger partial charge on any atom is -0.384 e. The largest absolute Gasteiger partial charge is 0.384 e. The number of ether oxygens (including phenoxy) is 1. The molecule has 128 valence electrons. The number of amides is 1. The van der Waals surface area contributed by atoms with Crippen LogP contribution < -0.4 is 11.1 Å². The number of thioether (sulfide) groups is 1. The second-order valence-electron chi connectivity index (χ2n) is 6.17. The van der Waals surface area contributed by atoms with Gasteiger partial charge in [0, 0.05) is 23.7 Å². The molecule has 0 heterocycles. The second kappa shape index (κ2) is 9.30. The zero-order chi connectivity index (χ0) is 16.7. The summed E-state index contributed by atoms with van der Waals surface area (Å²) in [5.41, 5.74) is 6.92. The monoisotopic (exact) mass is 336 g/mol.